The molecule has 3 heteroatoms. The van der Waals surface area contributed by atoms with Crippen LogP contribution >= 0.6 is 11.3 Å². The lowest BCUT2D eigenvalue weighted by atomic mass is 10.1. The number of aliphatic carboxylic acids is 1. The molecule has 0 saturated carbocycles. The van der Waals surface area contributed by atoms with Crippen LogP contribution in [0.4, 0.5) is 0 Å². The molecular formula is C15H24O2S. The van der Waals surface area contributed by atoms with E-state index in [1.807, 2.05) is 11.3 Å². The van der Waals surface area contributed by atoms with E-state index in [0.717, 1.165) is 12.8 Å². The third-order valence-corrected chi connectivity index (χ3v) is 4.35. The Labute approximate surface area is 114 Å². The van der Waals surface area contributed by atoms with Crippen LogP contribution in [0.1, 0.15) is 61.8 Å². The Hall–Kier alpha value is -0.830. The minimum atomic E-state index is -0.665. The zero-order valence-electron chi connectivity index (χ0n) is 11.3. The molecule has 0 radical (unpaired) electrons. The van der Waals surface area contributed by atoms with Gasteiger partial charge in [0.25, 0.3) is 0 Å². The Morgan fingerprint density at radius 3 is 2.28 bits per heavy atom. The van der Waals surface area contributed by atoms with E-state index in [1.54, 1.807) is 0 Å². The van der Waals surface area contributed by atoms with Crippen LogP contribution in [0.2, 0.25) is 0 Å². The molecule has 1 rings (SSSR count). The molecule has 0 amide bonds. The fraction of sp³-hybridized carbons (Fsp3) is 0.667. The summed E-state index contributed by atoms with van der Waals surface area (Å²) in [6.07, 6.45) is 9.78. The summed E-state index contributed by atoms with van der Waals surface area (Å²) in [7, 11) is 0. The van der Waals surface area contributed by atoms with Crippen LogP contribution < -0.4 is 0 Å². The second-order valence-corrected chi connectivity index (χ2v) is 5.90. The monoisotopic (exact) mass is 268 g/mol. The smallest absolute Gasteiger partial charge is 0.303 e. The molecule has 18 heavy (non-hydrogen) atoms. The van der Waals surface area contributed by atoms with Gasteiger partial charge in [-0.25, -0.2) is 0 Å². The molecule has 1 heterocycles. The van der Waals surface area contributed by atoms with Crippen molar-refractivity contribution in [2.24, 2.45) is 0 Å². The largest absolute Gasteiger partial charge is 0.481 e. The van der Waals surface area contributed by atoms with Crippen LogP contribution in [0.15, 0.2) is 11.4 Å². The molecule has 0 atom stereocenters. The quantitative estimate of drug-likeness (QED) is 0.619. The topological polar surface area (TPSA) is 37.3 Å². The third kappa shape index (κ3) is 6.80. The molecule has 0 aromatic carbocycles. The molecular weight excluding hydrogens is 244 g/mol. The highest BCUT2D eigenvalue weighted by Gasteiger charge is 2.00. The van der Waals surface area contributed by atoms with Crippen molar-refractivity contribution in [1.29, 1.82) is 0 Å². The Balaban J connectivity index is 1.87. The van der Waals surface area contributed by atoms with E-state index >= 15 is 0 Å². The van der Waals surface area contributed by atoms with Crippen molar-refractivity contribution in [3.8, 4) is 0 Å². The van der Waals surface area contributed by atoms with E-state index in [4.69, 9.17) is 5.11 Å². The number of hydrogen-bond acceptors (Lipinski definition) is 2. The predicted octanol–water partition coefficient (Wildman–Crippen LogP) is 4.80. The Bertz CT molecular complexity index is 344. The Kier molecular flexibility index (Phi) is 7.74. The summed E-state index contributed by atoms with van der Waals surface area (Å²) < 4.78 is 0. The highest BCUT2D eigenvalue weighted by Crippen LogP contribution is 2.19. The van der Waals surface area contributed by atoms with Gasteiger partial charge in [-0.05, 0) is 43.2 Å². The van der Waals surface area contributed by atoms with Crippen molar-refractivity contribution in [2.45, 2.75) is 64.7 Å². The van der Waals surface area contributed by atoms with Gasteiger partial charge >= 0.3 is 5.97 Å². The number of carboxylic acid groups (broad SMARTS) is 1. The van der Waals surface area contributed by atoms with Crippen LogP contribution in [0.3, 0.4) is 0 Å². The third-order valence-electron chi connectivity index (χ3n) is 3.26. The average Bonchev–Trinajstić information content (AvgIpc) is 2.72. The molecule has 0 bridgehead atoms. The van der Waals surface area contributed by atoms with Crippen molar-refractivity contribution in [2.75, 3.05) is 0 Å². The first kappa shape index (κ1) is 15.2. The van der Waals surface area contributed by atoms with Crippen molar-refractivity contribution in [3.05, 3.63) is 21.9 Å². The van der Waals surface area contributed by atoms with Gasteiger partial charge in [0.2, 0.25) is 0 Å². The minimum absolute atomic E-state index is 0.331. The van der Waals surface area contributed by atoms with Crippen molar-refractivity contribution < 1.29 is 9.90 Å². The maximum atomic E-state index is 10.3. The lowest BCUT2D eigenvalue weighted by molar-refractivity contribution is -0.137. The summed E-state index contributed by atoms with van der Waals surface area (Å²) in [4.78, 5) is 11.9. The summed E-state index contributed by atoms with van der Waals surface area (Å²) >= 11 is 1.87. The molecule has 0 unspecified atom stereocenters. The normalized spacial score (nSPS) is 10.7. The average molecular weight is 268 g/mol. The zero-order chi connectivity index (χ0) is 13.2. The van der Waals surface area contributed by atoms with Gasteiger partial charge in [0, 0.05) is 11.3 Å². The number of aryl methyl sites for hydroxylation is 2. The number of thiophene rings is 1. The van der Waals surface area contributed by atoms with Crippen LogP contribution in [-0.2, 0) is 11.2 Å². The SMILES string of the molecule is Cc1ccsc1CCCCCCCCCC(=O)O. The molecule has 1 N–H and O–H groups in total. The Morgan fingerprint density at radius 1 is 1.11 bits per heavy atom. The molecule has 0 aliphatic heterocycles. The van der Waals surface area contributed by atoms with E-state index in [2.05, 4.69) is 18.4 Å². The van der Waals surface area contributed by atoms with Crippen LogP contribution in [0.5, 0.6) is 0 Å². The minimum Gasteiger partial charge on any atom is -0.481 e. The van der Waals surface area contributed by atoms with Gasteiger partial charge in [0.15, 0.2) is 0 Å². The molecule has 2 nitrogen and oxygen atoms in total. The van der Waals surface area contributed by atoms with Gasteiger partial charge in [-0.2, -0.15) is 0 Å². The molecule has 1 aromatic rings. The Morgan fingerprint density at radius 2 is 1.72 bits per heavy atom. The van der Waals surface area contributed by atoms with E-state index in [-0.39, 0.29) is 0 Å². The maximum absolute atomic E-state index is 10.3. The first-order chi connectivity index (χ1) is 8.70. The van der Waals surface area contributed by atoms with Crippen molar-refractivity contribution >= 4 is 17.3 Å². The van der Waals surface area contributed by atoms with Crippen LogP contribution in [0.25, 0.3) is 0 Å². The molecule has 0 saturated heterocycles. The standard InChI is InChI=1S/C15H24O2S/c1-13-11-12-18-14(13)9-7-5-3-2-4-6-8-10-15(16)17/h11-12H,2-10H2,1H3,(H,16,17). The molecule has 0 fully saturated rings. The van der Waals surface area contributed by atoms with E-state index in [9.17, 15) is 4.79 Å². The summed E-state index contributed by atoms with van der Waals surface area (Å²) in [6, 6.07) is 2.20. The summed E-state index contributed by atoms with van der Waals surface area (Å²) in [5.74, 6) is -0.665. The van der Waals surface area contributed by atoms with Crippen molar-refractivity contribution in [3.63, 3.8) is 0 Å². The van der Waals surface area contributed by atoms with Gasteiger partial charge in [-0.3, -0.25) is 4.79 Å². The van der Waals surface area contributed by atoms with Crippen LogP contribution in [0, 0.1) is 6.92 Å². The summed E-state index contributed by atoms with van der Waals surface area (Å²) in [5, 5.41) is 10.7. The number of unbranched alkanes of at least 4 members (excludes halogenated alkanes) is 6. The van der Waals surface area contributed by atoms with Crippen molar-refractivity contribution in [1.82, 2.24) is 0 Å². The molecule has 1 aromatic heterocycles. The second-order valence-electron chi connectivity index (χ2n) is 4.90. The zero-order valence-corrected chi connectivity index (χ0v) is 12.1. The molecule has 0 aliphatic carbocycles. The molecule has 0 spiro atoms. The fourth-order valence-corrected chi connectivity index (χ4v) is 3.06. The number of rotatable bonds is 10. The van der Waals surface area contributed by atoms with Gasteiger partial charge in [0.05, 0.1) is 0 Å². The fourth-order valence-electron chi connectivity index (χ4n) is 2.11. The number of carbonyl (C=O) groups is 1. The van der Waals surface area contributed by atoms with Gasteiger partial charge in [-0.15, -0.1) is 11.3 Å². The highest BCUT2D eigenvalue weighted by molar-refractivity contribution is 7.10. The lowest BCUT2D eigenvalue weighted by Crippen LogP contribution is -1.93. The van der Waals surface area contributed by atoms with E-state index in [1.165, 1.54) is 49.0 Å². The first-order valence-electron chi connectivity index (χ1n) is 6.95. The highest BCUT2D eigenvalue weighted by atomic mass is 32.1. The predicted molar refractivity (Wildman–Crippen MR) is 77.3 cm³/mol. The van der Waals surface area contributed by atoms with E-state index in [0.29, 0.717) is 6.42 Å². The first-order valence-corrected chi connectivity index (χ1v) is 7.83. The molecule has 102 valence electrons. The van der Waals surface area contributed by atoms with Gasteiger partial charge in [0.1, 0.15) is 0 Å². The molecule has 0 aliphatic rings. The second kappa shape index (κ2) is 9.15. The maximum Gasteiger partial charge on any atom is 0.303 e. The summed E-state index contributed by atoms with van der Waals surface area (Å²) in [6.45, 7) is 2.19. The van der Waals surface area contributed by atoms with Crippen LogP contribution in [-0.4, -0.2) is 11.1 Å². The van der Waals surface area contributed by atoms with E-state index < -0.39 is 5.97 Å². The number of hydrogen-bond donors (Lipinski definition) is 1. The van der Waals surface area contributed by atoms with Gasteiger partial charge in [-0.1, -0.05) is 32.1 Å². The number of carboxylic acids is 1. The lowest BCUT2D eigenvalue weighted by Gasteiger charge is -2.02. The summed E-state index contributed by atoms with van der Waals surface area (Å²) in [5.41, 5.74) is 1.44. The van der Waals surface area contributed by atoms with Gasteiger partial charge < -0.3 is 5.11 Å².